The normalized spacial score (nSPS) is 12.3. The first-order valence-corrected chi connectivity index (χ1v) is 7.35. The molecule has 0 aliphatic rings. The van der Waals surface area contributed by atoms with Crippen LogP contribution in [0.15, 0.2) is 42.5 Å². The van der Waals surface area contributed by atoms with Crippen molar-refractivity contribution in [3.05, 3.63) is 53.6 Å². The average Bonchev–Trinajstić information content (AvgIpc) is 2.44. The molecule has 0 aromatic heterocycles. The molecule has 0 bridgehead atoms. The fourth-order valence-electron chi connectivity index (χ4n) is 2.05. The zero-order valence-electron chi connectivity index (χ0n) is 11.3. The molecule has 124 valence electrons. The molecule has 0 aliphatic carbocycles. The predicted octanol–water partition coefficient (Wildman–Crippen LogP) is 6.17. The van der Waals surface area contributed by atoms with Crippen LogP contribution in [0.25, 0.3) is 11.1 Å². The van der Waals surface area contributed by atoms with Crippen LogP contribution in [0.4, 0.5) is 26.3 Å². The van der Waals surface area contributed by atoms with Gasteiger partial charge in [0.15, 0.2) is 0 Å². The predicted molar refractivity (Wildman–Crippen MR) is 76.2 cm³/mol. The molecular weight excluding hydrogens is 390 g/mol. The molecule has 23 heavy (non-hydrogen) atoms. The molecular formula is C15H9BrF6O. The highest BCUT2D eigenvalue weighted by molar-refractivity contribution is 9.08. The number of halogens is 7. The third kappa shape index (κ3) is 4.40. The third-order valence-corrected chi connectivity index (χ3v) is 3.59. The van der Waals surface area contributed by atoms with Crippen LogP contribution in [-0.4, -0.2) is 6.36 Å². The minimum Gasteiger partial charge on any atom is -0.405 e. The standard InChI is InChI=1S/C15H9BrF6O/c16-8-9-5-6-12(14(17,18)19)11(7-9)10-3-1-2-4-13(10)23-15(20,21)22/h1-7H,8H2. The van der Waals surface area contributed by atoms with Crippen molar-refractivity contribution >= 4 is 15.9 Å². The third-order valence-electron chi connectivity index (χ3n) is 2.95. The quantitative estimate of drug-likeness (QED) is 0.444. The van der Waals surface area contributed by atoms with E-state index in [4.69, 9.17) is 0 Å². The van der Waals surface area contributed by atoms with E-state index in [1.807, 2.05) is 0 Å². The Morgan fingerprint density at radius 2 is 1.52 bits per heavy atom. The van der Waals surface area contributed by atoms with E-state index in [0.29, 0.717) is 5.56 Å². The van der Waals surface area contributed by atoms with Crippen LogP contribution in [0.1, 0.15) is 11.1 Å². The van der Waals surface area contributed by atoms with E-state index in [1.54, 1.807) is 0 Å². The Morgan fingerprint density at radius 3 is 2.09 bits per heavy atom. The van der Waals surface area contributed by atoms with E-state index in [9.17, 15) is 26.3 Å². The lowest BCUT2D eigenvalue weighted by atomic mass is 9.96. The first-order valence-electron chi connectivity index (χ1n) is 6.23. The van der Waals surface area contributed by atoms with Crippen LogP contribution in [0, 0.1) is 0 Å². The lowest BCUT2D eigenvalue weighted by Crippen LogP contribution is -2.18. The van der Waals surface area contributed by atoms with Crippen LogP contribution in [0.2, 0.25) is 0 Å². The highest BCUT2D eigenvalue weighted by atomic mass is 79.9. The second kappa shape index (κ2) is 6.43. The Bertz CT molecular complexity index is 693. The summed E-state index contributed by atoms with van der Waals surface area (Å²) in [5, 5.41) is 0.264. The van der Waals surface area contributed by atoms with Gasteiger partial charge >= 0.3 is 12.5 Å². The van der Waals surface area contributed by atoms with Crippen LogP contribution in [0.5, 0.6) is 5.75 Å². The molecule has 0 saturated heterocycles. The number of rotatable bonds is 3. The van der Waals surface area contributed by atoms with Gasteiger partial charge < -0.3 is 4.74 Å². The topological polar surface area (TPSA) is 9.23 Å². The Kier molecular flexibility index (Phi) is 4.93. The van der Waals surface area contributed by atoms with Crippen molar-refractivity contribution in [1.82, 2.24) is 0 Å². The summed E-state index contributed by atoms with van der Waals surface area (Å²) in [7, 11) is 0. The van der Waals surface area contributed by atoms with E-state index in [-0.39, 0.29) is 16.5 Å². The van der Waals surface area contributed by atoms with Gasteiger partial charge in [0.1, 0.15) is 5.75 Å². The minimum absolute atomic E-state index is 0.264. The van der Waals surface area contributed by atoms with Crippen molar-refractivity contribution in [2.75, 3.05) is 0 Å². The van der Waals surface area contributed by atoms with Crippen molar-refractivity contribution in [1.29, 1.82) is 0 Å². The summed E-state index contributed by atoms with van der Waals surface area (Å²) >= 11 is 3.11. The maximum Gasteiger partial charge on any atom is 0.573 e. The zero-order valence-corrected chi connectivity index (χ0v) is 12.9. The molecule has 0 fully saturated rings. The van der Waals surface area contributed by atoms with Crippen LogP contribution >= 0.6 is 15.9 Å². The maximum absolute atomic E-state index is 13.2. The minimum atomic E-state index is -5.00. The number of para-hydroxylation sites is 1. The maximum atomic E-state index is 13.2. The van der Waals surface area contributed by atoms with E-state index >= 15 is 0 Å². The Balaban J connectivity index is 2.66. The number of alkyl halides is 7. The molecule has 2 aromatic rings. The molecule has 1 nitrogen and oxygen atoms in total. The molecule has 2 aromatic carbocycles. The highest BCUT2D eigenvalue weighted by Crippen LogP contribution is 2.42. The van der Waals surface area contributed by atoms with E-state index in [0.717, 1.165) is 18.2 Å². The Hall–Kier alpha value is -1.70. The van der Waals surface area contributed by atoms with E-state index in [1.165, 1.54) is 24.3 Å². The van der Waals surface area contributed by atoms with Gasteiger partial charge in [-0.3, -0.25) is 0 Å². The first-order chi connectivity index (χ1) is 10.6. The number of hydrogen-bond donors (Lipinski definition) is 0. The van der Waals surface area contributed by atoms with Crippen LogP contribution < -0.4 is 4.74 Å². The van der Waals surface area contributed by atoms with Gasteiger partial charge in [-0.05, 0) is 29.3 Å². The van der Waals surface area contributed by atoms with Crippen molar-refractivity contribution in [3.63, 3.8) is 0 Å². The number of benzene rings is 2. The van der Waals surface area contributed by atoms with Crippen molar-refractivity contribution < 1.29 is 31.1 Å². The zero-order chi connectivity index (χ0) is 17.3. The summed E-state index contributed by atoms with van der Waals surface area (Å²) < 4.78 is 80.7. The van der Waals surface area contributed by atoms with E-state index in [2.05, 4.69) is 20.7 Å². The average molecular weight is 399 g/mol. The summed E-state index contributed by atoms with van der Waals surface area (Å²) in [6.07, 6.45) is -9.70. The molecule has 0 unspecified atom stereocenters. The highest BCUT2D eigenvalue weighted by Gasteiger charge is 2.36. The van der Waals surface area contributed by atoms with Gasteiger partial charge in [-0.25, -0.2) is 0 Å². The molecule has 0 saturated carbocycles. The van der Waals surface area contributed by atoms with Crippen LogP contribution in [-0.2, 0) is 11.5 Å². The fourth-order valence-corrected chi connectivity index (χ4v) is 2.40. The lowest BCUT2D eigenvalue weighted by Gasteiger charge is -2.18. The molecule has 0 N–H and O–H groups in total. The summed E-state index contributed by atoms with van der Waals surface area (Å²) in [5.41, 5.74) is -1.18. The first kappa shape index (κ1) is 17.7. The number of hydrogen-bond acceptors (Lipinski definition) is 1. The second-order valence-corrected chi connectivity index (χ2v) is 5.12. The molecule has 0 radical (unpaired) electrons. The van der Waals surface area contributed by atoms with Gasteiger partial charge in [-0.2, -0.15) is 13.2 Å². The summed E-state index contributed by atoms with van der Waals surface area (Å²) in [6, 6.07) is 8.03. The molecule has 0 atom stereocenters. The van der Waals surface area contributed by atoms with Gasteiger partial charge in [-0.15, -0.1) is 13.2 Å². The SMILES string of the molecule is FC(F)(F)Oc1ccccc1-c1cc(CBr)ccc1C(F)(F)F. The Labute approximate surface area is 136 Å². The van der Waals surface area contributed by atoms with E-state index < -0.39 is 23.9 Å². The molecule has 0 amide bonds. The van der Waals surface area contributed by atoms with Gasteiger partial charge in [0, 0.05) is 10.9 Å². The largest absolute Gasteiger partial charge is 0.573 e. The molecule has 0 heterocycles. The van der Waals surface area contributed by atoms with Crippen molar-refractivity contribution in [2.24, 2.45) is 0 Å². The van der Waals surface area contributed by atoms with Crippen LogP contribution in [0.3, 0.4) is 0 Å². The molecule has 0 spiro atoms. The smallest absolute Gasteiger partial charge is 0.405 e. The molecule has 0 aliphatic heterocycles. The fraction of sp³-hybridized carbons (Fsp3) is 0.200. The lowest BCUT2D eigenvalue weighted by molar-refractivity contribution is -0.274. The van der Waals surface area contributed by atoms with Crippen molar-refractivity contribution in [3.8, 4) is 16.9 Å². The summed E-state index contributed by atoms with van der Waals surface area (Å²) in [4.78, 5) is 0. The summed E-state index contributed by atoms with van der Waals surface area (Å²) in [5.74, 6) is -0.683. The van der Waals surface area contributed by atoms with Gasteiger partial charge in [-0.1, -0.05) is 40.2 Å². The van der Waals surface area contributed by atoms with Crippen molar-refractivity contribution in [2.45, 2.75) is 17.9 Å². The molecule has 2 rings (SSSR count). The Morgan fingerprint density at radius 1 is 0.870 bits per heavy atom. The van der Waals surface area contributed by atoms with Gasteiger partial charge in [0.05, 0.1) is 5.56 Å². The van der Waals surface area contributed by atoms with Gasteiger partial charge in [0.2, 0.25) is 0 Å². The summed E-state index contributed by atoms with van der Waals surface area (Å²) in [6.45, 7) is 0. The monoisotopic (exact) mass is 398 g/mol. The van der Waals surface area contributed by atoms with Gasteiger partial charge in [0.25, 0.3) is 0 Å². The molecule has 8 heteroatoms. The second-order valence-electron chi connectivity index (χ2n) is 4.56. The number of ether oxygens (including phenoxy) is 1.